The minimum absolute atomic E-state index is 0.0175. The Morgan fingerprint density at radius 1 is 1.35 bits per heavy atom. The van der Waals surface area contributed by atoms with E-state index in [0.717, 1.165) is 18.7 Å². The second-order valence-electron chi connectivity index (χ2n) is 6.08. The van der Waals surface area contributed by atoms with Crippen molar-refractivity contribution in [2.75, 3.05) is 19.6 Å². The molecule has 112 valence electrons. The third kappa shape index (κ3) is 4.27. The lowest BCUT2D eigenvalue weighted by Gasteiger charge is -2.32. The molecule has 0 aliphatic heterocycles. The van der Waals surface area contributed by atoms with Gasteiger partial charge in [-0.25, -0.2) is 0 Å². The first-order valence-electron chi connectivity index (χ1n) is 7.11. The van der Waals surface area contributed by atoms with E-state index in [1.165, 1.54) is 0 Å². The van der Waals surface area contributed by atoms with Crippen molar-refractivity contribution in [3.05, 3.63) is 23.0 Å². The van der Waals surface area contributed by atoms with E-state index in [-0.39, 0.29) is 11.3 Å². The number of nitrogens with two attached hydrogens (primary N) is 1. The monoisotopic (exact) mass is 278 g/mol. The normalized spacial score (nSPS) is 11.5. The van der Waals surface area contributed by atoms with E-state index < -0.39 is 0 Å². The molecule has 0 aromatic carbocycles. The summed E-state index contributed by atoms with van der Waals surface area (Å²) in [5.74, 6) is 0.0175. The average Bonchev–Trinajstić information content (AvgIpc) is 2.40. The number of hydrogen-bond donors (Lipinski definition) is 1. The van der Waals surface area contributed by atoms with Crippen molar-refractivity contribution in [3.8, 4) is 0 Å². The van der Waals surface area contributed by atoms with Gasteiger partial charge in [-0.3, -0.25) is 4.79 Å². The predicted molar refractivity (Wildman–Crippen MR) is 80.5 cm³/mol. The smallest absolute Gasteiger partial charge is 0.255 e. The van der Waals surface area contributed by atoms with Crippen molar-refractivity contribution in [1.29, 1.82) is 0 Å². The number of aromatic nitrogens is 2. The van der Waals surface area contributed by atoms with E-state index in [4.69, 9.17) is 5.73 Å². The minimum Gasteiger partial charge on any atom is -0.338 e. The number of carbonyl (C=O) groups excluding carboxylic acids is 1. The third-order valence-corrected chi connectivity index (χ3v) is 3.28. The lowest BCUT2D eigenvalue weighted by molar-refractivity contribution is 0.0688. The molecule has 5 nitrogen and oxygen atoms in total. The molecule has 2 N–H and O–H groups in total. The maximum absolute atomic E-state index is 12.7. The first-order valence-corrected chi connectivity index (χ1v) is 7.11. The number of carbonyl (C=O) groups is 1. The zero-order valence-corrected chi connectivity index (χ0v) is 13.2. The minimum atomic E-state index is -0.0890. The average molecular weight is 278 g/mol. The van der Waals surface area contributed by atoms with Crippen molar-refractivity contribution in [1.82, 2.24) is 15.1 Å². The molecular formula is C15H26N4O. The molecule has 0 unspecified atom stereocenters. The summed E-state index contributed by atoms with van der Waals surface area (Å²) in [5, 5.41) is 8.01. The molecule has 0 aliphatic carbocycles. The number of rotatable bonds is 6. The van der Waals surface area contributed by atoms with Gasteiger partial charge in [0.15, 0.2) is 0 Å². The van der Waals surface area contributed by atoms with Gasteiger partial charge in [0, 0.05) is 13.1 Å². The highest BCUT2D eigenvalue weighted by Gasteiger charge is 2.25. The maximum atomic E-state index is 12.7. The summed E-state index contributed by atoms with van der Waals surface area (Å²) in [7, 11) is 0. The van der Waals surface area contributed by atoms with E-state index in [2.05, 4.69) is 31.0 Å². The van der Waals surface area contributed by atoms with Crippen LogP contribution in [-0.2, 0) is 0 Å². The maximum Gasteiger partial charge on any atom is 0.255 e. The third-order valence-electron chi connectivity index (χ3n) is 3.28. The standard InChI is InChI=1S/C15H26N4O/c1-6-7-19(10-15(4,5)9-16)14(20)13-8-11(2)17-18-12(13)3/h8H,6-7,9-10,16H2,1-5H3. The second kappa shape index (κ2) is 6.79. The Kier molecular flexibility index (Phi) is 5.62. The SMILES string of the molecule is CCCN(CC(C)(C)CN)C(=O)c1cc(C)nnc1C. The van der Waals surface area contributed by atoms with Crippen molar-refractivity contribution in [2.24, 2.45) is 11.1 Å². The van der Waals surface area contributed by atoms with Gasteiger partial charge >= 0.3 is 0 Å². The summed E-state index contributed by atoms with van der Waals surface area (Å²) in [6, 6.07) is 1.81. The number of aryl methyl sites for hydroxylation is 2. The molecule has 0 radical (unpaired) electrons. The summed E-state index contributed by atoms with van der Waals surface area (Å²) in [5.41, 5.74) is 7.76. The highest BCUT2D eigenvalue weighted by atomic mass is 16.2. The van der Waals surface area contributed by atoms with Gasteiger partial charge in [-0.15, -0.1) is 0 Å². The van der Waals surface area contributed by atoms with Crippen molar-refractivity contribution in [3.63, 3.8) is 0 Å². The Bertz CT molecular complexity index is 471. The Morgan fingerprint density at radius 2 is 2.00 bits per heavy atom. The van der Waals surface area contributed by atoms with E-state index in [1.54, 1.807) is 0 Å². The molecule has 1 rings (SSSR count). The second-order valence-corrected chi connectivity index (χ2v) is 6.08. The molecule has 5 heteroatoms. The van der Waals surface area contributed by atoms with Crippen LogP contribution in [0.3, 0.4) is 0 Å². The molecular weight excluding hydrogens is 252 g/mol. The van der Waals surface area contributed by atoms with Crippen LogP contribution in [-0.4, -0.2) is 40.6 Å². The van der Waals surface area contributed by atoms with Gasteiger partial charge in [0.05, 0.1) is 17.0 Å². The lowest BCUT2D eigenvalue weighted by atomic mass is 9.92. The van der Waals surface area contributed by atoms with Crippen molar-refractivity contribution < 1.29 is 4.79 Å². The molecule has 1 aromatic rings. The molecule has 0 saturated heterocycles. The van der Waals surface area contributed by atoms with E-state index in [0.29, 0.717) is 24.3 Å². The van der Waals surface area contributed by atoms with Gasteiger partial charge < -0.3 is 10.6 Å². The summed E-state index contributed by atoms with van der Waals surface area (Å²) < 4.78 is 0. The van der Waals surface area contributed by atoms with Crippen LogP contribution in [0.15, 0.2) is 6.07 Å². The largest absolute Gasteiger partial charge is 0.338 e. The zero-order chi connectivity index (χ0) is 15.3. The fraction of sp³-hybridized carbons (Fsp3) is 0.667. The summed E-state index contributed by atoms with van der Waals surface area (Å²) >= 11 is 0. The molecule has 1 aromatic heterocycles. The molecule has 1 heterocycles. The van der Waals surface area contributed by atoms with Gasteiger partial charge in [0.1, 0.15) is 0 Å². The van der Waals surface area contributed by atoms with Gasteiger partial charge in [0.25, 0.3) is 5.91 Å². The van der Waals surface area contributed by atoms with Crippen LogP contribution < -0.4 is 5.73 Å². The van der Waals surface area contributed by atoms with E-state index in [1.807, 2.05) is 24.8 Å². The molecule has 0 spiro atoms. The lowest BCUT2D eigenvalue weighted by Crippen LogP contribution is -2.42. The van der Waals surface area contributed by atoms with Crippen LogP contribution in [0, 0.1) is 19.3 Å². The number of nitrogens with zero attached hydrogens (tertiary/aromatic N) is 3. The molecule has 0 atom stereocenters. The topological polar surface area (TPSA) is 72.1 Å². The van der Waals surface area contributed by atoms with Crippen molar-refractivity contribution >= 4 is 5.91 Å². The van der Waals surface area contributed by atoms with E-state index in [9.17, 15) is 4.79 Å². The van der Waals surface area contributed by atoms with Crippen LogP contribution in [0.2, 0.25) is 0 Å². The Balaban J connectivity index is 3.02. The summed E-state index contributed by atoms with van der Waals surface area (Å²) in [6.07, 6.45) is 0.920. The summed E-state index contributed by atoms with van der Waals surface area (Å²) in [6.45, 7) is 11.8. The first kappa shape index (κ1) is 16.6. The van der Waals surface area contributed by atoms with Gasteiger partial charge in [-0.2, -0.15) is 10.2 Å². The number of amides is 1. The Morgan fingerprint density at radius 3 is 2.55 bits per heavy atom. The number of hydrogen-bond acceptors (Lipinski definition) is 4. The van der Waals surface area contributed by atoms with Crippen LogP contribution in [0.5, 0.6) is 0 Å². The highest BCUT2D eigenvalue weighted by Crippen LogP contribution is 2.18. The fourth-order valence-corrected chi connectivity index (χ4v) is 2.04. The van der Waals surface area contributed by atoms with Crippen LogP contribution in [0.25, 0.3) is 0 Å². The van der Waals surface area contributed by atoms with Gasteiger partial charge in [-0.05, 0) is 38.3 Å². The molecule has 0 fully saturated rings. The van der Waals surface area contributed by atoms with Crippen LogP contribution >= 0.6 is 0 Å². The zero-order valence-electron chi connectivity index (χ0n) is 13.2. The highest BCUT2D eigenvalue weighted by molar-refractivity contribution is 5.95. The van der Waals surface area contributed by atoms with Crippen LogP contribution in [0.1, 0.15) is 48.9 Å². The first-order chi connectivity index (χ1) is 9.30. The quantitative estimate of drug-likeness (QED) is 0.863. The molecule has 0 aliphatic rings. The van der Waals surface area contributed by atoms with Gasteiger partial charge in [0.2, 0.25) is 0 Å². The predicted octanol–water partition coefficient (Wildman–Crippen LogP) is 1.93. The molecule has 0 bridgehead atoms. The molecule has 1 amide bonds. The van der Waals surface area contributed by atoms with Crippen LogP contribution in [0.4, 0.5) is 0 Å². The Labute approximate surface area is 121 Å². The van der Waals surface area contributed by atoms with Crippen molar-refractivity contribution in [2.45, 2.75) is 41.0 Å². The fourth-order valence-electron chi connectivity index (χ4n) is 2.04. The summed E-state index contributed by atoms with van der Waals surface area (Å²) in [4.78, 5) is 14.6. The Hall–Kier alpha value is -1.49. The molecule has 0 saturated carbocycles. The van der Waals surface area contributed by atoms with Gasteiger partial charge in [-0.1, -0.05) is 20.8 Å². The molecule has 20 heavy (non-hydrogen) atoms. The van der Waals surface area contributed by atoms with E-state index >= 15 is 0 Å².